The van der Waals surface area contributed by atoms with Crippen molar-refractivity contribution in [3.05, 3.63) is 18.0 Å². The summed E-state index contributed by atoms with van der Waals surface area (Å²) < 4.78 is 16.2. The Labute approximate surface area is 178 Å². The van der Waals surface area contributed by atoms with Crippen molar-refractivity contribution >= 4 is 29.9 Å². The number of aromatic nitrogens is 1. The first-order valence-corrected chi connectivity index (χ1v) is 9.52. The number of guanidine groups is 1. The van der Waals surface area contributed by atoms with Gasteiger partial charge in [0.1, 0.15) is 6.26 Å². The monoisotopic (exact) mass is 493 g/mol. The third kappa shape index (κ3) is 6.30. The maximum Gasteiger partial charge on any atom is 0.194 e. The molecule has 9 heteroatoms. The van der Waals surface area contributed by atoms with Gasteiger partial charge in [-0.2, -0.15) is 0 Å². The summed E-state index contributed by atoms with van der Waals surface area (Å²) >= 11 is 0. The molecule has 1 N–H and O–H groups in total. The Bertz CT molecular complexity index is 555. The molecule has 0 spiro atoms. The van der Waals surface area contributed by atoms with Gasteiger partial charge in [-0.3, -0.25) is 9.89 Å². The Morgan fingerprint density at radius 3 is 2.63 bits per heavy atom. The largest absolute Gasteiger partial charge is 0.381 e. The number of aliphatic imine (C=N–C) groups is 1. The fourth-order valence-electron chi connectivity index (χ4n) is 3.48. The van der Waals surface area contributed by atoms with Crippen LogP contribution in [0.3, 0.4) is 0 Å². The SMILES string of the molecule is CCNC(=NCC1(OC)CCOCC1)N1CCN(Cc2ccon2)CC1.I. The lowest BCUT2D eigenvalue weighted by Crippen LogP contribution is -2.52. The van der Waals surface area contributed by atoms with E-state index >= 15 is 0 Å². The van der Waals surface area contributed by atoms with Crippen molar-refractivity contribution < 1.29 is 14.0 Å². The van der Waals surface area contributed by atoms with E-state index in [2.05, 4.69) is 27.2 Å². The number of nitrogens with zero attached hydrogens (tertiary/aromatic N) is 4. The van der Waals surface area contributed by atoms with Gasteiger partial charge >= 0.3 is 0 Å². The molecule has 0 atom stereocenters. The Kier molecular flexibility index (Phi) is 9.27. The quantitative estimate of drug-likeness (QED) is 0.367. The summed E-state index contributed by atoms with van der Waals surface area (Å²) in [6.45, 7) is 9.86. The van der Waals surface area contributed by atoms with Crippen LogP contribution in [0.5, 0.6) is 0 Å². The lowest BCUT2D eigenvalue weighted by atomic mass is 9.94. The van der Waals surface area contributed by atoms with E-state index in [0.29, 0.717) is 6.54 Å². The lowest BCUT2D eigenvalue weighted by molar-refractivity contribution is -0.0829. The zero-order valence-electron chi connectivity index (χ0n) is 16.4. The van der Waals surface area contributed by atoms with Gasteiger partial charge in [-0.05, 0) is 6.92 Å². The molecule has 1 aromatic heterocycles. The highest BCUT2D eigenvalue weighted by Crippen LogP contribution is 2.25. The van der Waals surface area contributed by atoms with E-state index < -0.39 is 0 Å². The first-order valence-electron chi connectivity index (χ1n) is 9.52. The smallest absolute Gasteiger partial charge is 0.194 e. The second-order valence-electron chi connectivity index (χ2n) is 6.92. The van der Waals surface area contributed by atoms with Crippen molar-refractivity contribution in [2.24, 2.45) is 4.99 Å². The van der Waals surface area contributed by atoms with E-state index in [4.69, 9.17) is 19.0 Å². The van der Waals surface area contributed by atoms with Crippen molar-refractivity contribution in [3.63, 3.8) is 0 Å². The van der Waals surface area contributed by atoms with Crippen molar-refractivity contribution in [2.75, 3.05) is 59.6 Å². The van der Waals surface area contributed by atoms with Crippen LogP contribution >= 0.6 is 24.0 Å². The van der Waals surface area contributed by atoms with Gasteiger partial charge in [0.15, 0.2) is 5.96 Å². The van der Waals surface area contributed by atoms with Gasteiger partial charge in [-0.1, -0.05) is 5.16 Å². The van der Waals surface area contributed by atoms with Crippen LogP contribution in [0, 0.1) is 0 Å². The zero-order valence-corrected chi connectivity index (χ0v) is 18.7. The molecule has 8 nitrogen and oxygen atoms in total. The molecule has 3 heterocycles. The molecule has 154 valence electrons. The van der Waals surface area contributed by atoms with Crippen LogP contribution in [0.15, 0.2) is 21.8 Å². The molecule has 0 radical (unpaired) electrons. The number of piperazine rings is 1. The molecule has 0 unspecified atom stereocenters. The Balaban J connectivity index is 0.00000261. The summed E-state index contributed by atoms with van der Waals surface area (Å²) in [5, 5.41) is 7.44. The summed E-state index contributed by atoms with van der Waals surface area (Å²) in [4.78, 5) is 9.64. The highest BCUT2D eigenvalue weighted by Gasteiger charge is 2.32. The van der Waals surface area contributed by atoms with Crippen LogP contribution < -0.4 is 5.32 Å². The van der Waals surface area contributed by atoms with Gasteiger partial charge in [0.25, 0.3) is 0 Å². The fourth-order valence-corrected chi connectivity index (χ4v) is 3.48. The zero-order chi connectivity index (χ0) is 18.2. The molecule has 27 heavy (non-hydrogen) atoms. The molecule has 0 bridgehead atoms. The van der Waals surface area contributed by atoms with Crippen molar-refractivity contribution in [2.45, 2.75) is 31.9 Å². The van der Waals surface area contributed by atoms with E-state index in [0.717, 1.165) is 77.0 Å². The average molecular weight is 493 g/mol. The second kappa shape index (κ2) is 11.2. The minimum absolute atomic E-state index is 0. The van der Waals surface area contributed by atoms with E-state index in [9.17, 15) is 0 Å². The van der Waals surface area contributed by atoms with Gasteiger partial charge in [0.05, 0.1) is 17.8 Å². The van der Waals surface area contributed by atoms with Crippen LogP contribution in [0.4, 0.5) is 0 Å². The predicted molar refractivity (Wildman–Crippen MR) is 115 cm³/mol. The normalized spacial score (nSPS) is 21.0. The molecular weight excluding hydrogens is 461 g/mol. The van der Waals surface area contributed by atoms with Crippen molar-refractivity contribution in [1.82, 2.24) is 20.3 Å². The number of hydrogen-bond donors (Lipinski definition) is 1. The molecule has 0 aliphatic carbocycles. The summed E-state index contributed by atoms with van der Waals surface area (Å²) in [6.07, 6.45) is 3.43. The summed E-state index contributed by atoms with van der Waals surface area (Å²) in [6, 6.07) is 1.93. The molecule has 0 saturated carbocycles. The molecule has 2 aliphatic rings. The van der Waals surface area contributed by atoms with Gasteiger partial charge in [0.2, 0.25) is 0 Å². The van der Waals surface area contributed by atoms with Crippen LogP contribution in [0.1, 0.15) is 25.5 Å². The first kappa shape index (κ1) is 22.4. The predicted octanol–water partition coefficient (Wildman–Crippen LogP) is 1.57. The van der Waals surface area contributed by atoms with Gasteiger partial charge < -0.3 is 24.2 Å². The van der Waals surface area contributed by atoms with Gasteiger partial charge in [-0.15, -0.1) is 24.0 Å². The number of nitrogens with one attached hydrogen (secondary N) is 1. The highest BCUT2D eigenvalue weighted by atomic mass is 127. The van der Waals surface area contributed by atoms with Gasteiger partial charge in [-0.25, -0.2) is 0 Å². The number of rotatable bonds is 6. The molecular formula is C18H32IN5O3. The maximum absolute atomic E-state index is 5.81. The van der Waals surface area contributed by atoms with Crippen LogP contribution in [0.2, 0.25) is 0 Å². The summed E-state index contributed by atoms with van der Waals surface area (Å²) in [7, 11) is 1.79. The second-order valence-corrected chi connectivity index (χ2v) is 6.92. The number of ether oxygens (including phenoxy) is 2. The third-order valence-corrected chi connectivity index (χ3v) is 5.24. The van der Waals surface area contributed by atoms with Crippen LogP contribution in [0.25, 0.3) is 0 Å². The van der Waals surface area contributed by atoms with Crippen molar-refractivity contribution in [3.8, 4) is 0 Å². The average Bonchev–Trinajstić information content (AvgIpc) is 3.20. The Morgan fingerprint density at radius 2 is 2.04 bits per heavy atom. The minimum atomic E-state index is -0.187. The third-order valence-electron chi connectivity index (χ3n) is 5.24. The lowest BCUT2D eigenvalue weighted by Gasteiger charge is -2.38. The van der Waals surface area contributed by atoms with E-state index in [1.807, 2.05) is 6.07 Å². The molecule has 3 rings (SSSR count). The number of hydrogen-bond acceptors (Lipinski definition) is 6. The maximum atomic E-state index is 5.81. The van der Waals surface area contributed by atoms with Crippen LogP contribution in [-0.2, 0) is 16.0 Å². The molecule has 0 amide bonds. The molecule has 0 aromatic carbocycles. The van der Waals surface area contributed by atoms with E-state index in [1.165, 1.54) is 0 Å². The standard InChI is InChI=1S/C18H31N5O3.HI/c1-3-19-17(20-15-18(24-2)5-12-25-13-6-18)23-9-7-22(8-10-23)14-16-4-11-26-21-16;/h4,11H,3,5-10,12-15H2,1-2H3,(H,19,20);1H. The van der Waals surface area contributed by atoms with Crippen molar-refractivity contribution in [1.29, 1.82) is 0 Å². The van der Waals surface area contributed by atoms with Gasteiger partial charge in [0, 0.05) is 78.5 Å². The first-order chi connectivity index (χ1) is 12.7. The molecule has 2 fully saturated rings. The molecule has 2 aliphatic heterocycles. The summed E-state index contributed by atoms with van der Waals surface area (Å²) in [5.74, 6) is 0.983. The topological polar surface area (TPSA) is 75.4 Å². The number of halogens is 1. The molecule has 1 aromatic rings. The fraction of sp³-hybridized carbons (Fsp3) is 0.778. The Morgan fingerprint density at radius 1 is 1.30 bits per heavy atom. The molecule has 2 saturated heterocycles. The highest BCUT2D eigenvalue weighted by molar-refractivity contribution is 14.0. The van der Waals surface area contributed by atoms with Crippen LogP contribution in [-0.4, -0.2) is 86.1 Å². The minimum Gasteiger partial charge on any atom is -0.381 e. The number of methoxy groups -OCH3 is 1. The van der Waals surface area contributed by atoms with E-state index in [1.54, 1.807) is 13.4 Å². The Hall–Kier alpha value is -0.910. The summed E-state index contributed by atoms with van der Waals surface area (Å²) in [5.41, 5.74) is 0.800. The van der Waals surface area contributed by atoms with E-state index in [-0.39, 0.29) is 29.6 Å².